The first-order chi connectivity index (χ1) is 10.6. The van der Waals surface area contributed by atoms with Crippen LogP contribution in [0.1, 0.15) is 88.8 Å². The highest BCUT2D eigenvalue weighted by Crippen LogP contribution is 2.34. The zero-order valence-electron chi connectivity index (χ0n) is 14.0. The molecule has 0 aliphatic carbocycles. The summed E-state index contributed by atoms with van der Waals surface area (Å²) in [6.45, 7) is 6.67. The Morgan fingerprint density at radius 2 is 1.23 bits per heavy atom. The van der Waals surface area contributed by atoms with Crippen molar-refractivity contribution in [3.05, 3.63) is 20.9 Å². The number of hydrogen-bond donors (Lipinski definition) is 0. The average Bonchev–Trinajstić information content (AvgIpc) is 2.91. The molecule has 122 valence electrons. The van der Waals surface area contributed by atoms with Crippen LogP contribution in [-0.4, -0.2) is 23.3 Å². The van der Waals surface area contributed by atoms with Crippen molar-refractivity contribution >= 4 is 23.2 Å². The van der Waals surface area contributed by atoms with Crippen LogP contribution in [0, 0.1) is 13.8 Å². The Hall–Kier alpha value is -1.16. The van der Waals surface area contributed by atoms with Gasteiger partial charge < -0.3 is 0 Å². The highest BCUT2D eigenvalue weighted by Gasteiger charge is 2.39. The third-order valence-electron chi connectivity index (χ3n) is 4.41. The lowest BCUT2D eigenvalue weighted by Crippen LogP contribution is -2.31. The summed E-state index contributed by atoms with van der Waals surface area (Å²) in [4.78, 5) is 28.2. The Labute approximate surface area is 137 Å². The predicted octanol–water partition coefficient (Wildman–Crippen LogP) is 5.10. The van der Waals surface area contributed by atoms with Crippen molar-refractivity contribution < 1.29 is 9.59 Å². The van der Waals surface area contributed by atoms with Crippen molar-refractivity contribution in [1.82, 2.24) is 4.90 Å². The second-order valence-electron chi connectivity index (χ2n) is 6.20. The van der Waals surface area contributed by atoms with E-state index in [1.54, 1.807) is 11.3 Å². The Morgan fingerprint density at radius 1 is 0.773 bits per heavy atom. The van der Waals surface area contributed by atoms with Gasteiger partial charge in [-0.1, -0.05) is 51.9 Å². The fraction of sp³-hybridized carbons (Fsp3) is 0.667. The van der Waals surface area contributed by atoms with Crippen molar-refractivity contribution in [2.24, 2.45) is 0 Å². The number of rotatable bonds is 9. The molecule has 2 amide bonds. The highest BCUT2D eigenvalue weighted by atomic mass is 32.1. The first-order valence-corrected chi connectivity index (χ1v) is 9.35. The number of amides is 2. The number of aryl methyl sites for hydroxylation is 2. The Morgan fingerprint density at radius 3 is 1.73 bits per heavy atom. The van der Waals surface area contributed by atoms with Crippen LogP contribution in [0.25, 0.3) is 0 Å². The van der Waals surface area contributed by atoms with Crippen molar-refractivity contribution in [2.75, 3.05) is 6.54 Å². The Bertz CT molecular complexity index is 511. The van der Waals surface area contributed by atoms with Crippen molar-refractivity contribution in [3.63, 3.8) is 0 Å². The first kappa shape index (κ1) is 17.2. The van der Waals surface area contributed by atoms with E-state index in [4.69, 9.17) is 0 Å². The van der Waals surface area contributed by atoms with E-state index in [0.717, 1.165) is 22.6 Å². The number of nitrogens with zero attached hydrogens (tertiary/aromatic N) is 1. The predicted molar refractivity (Wildman–Crippen MR) is 91.8 cm³/mol. The van der Waals surface area contributed by atoms with Gasteiger partial charge in [-0.2, -0.15) is 0 Å². The van der Waals surface area contributed by atoms with Crippen LogP contribution in [0.2, 0.25) is 0 Å². The van der Waals surface area contributed by atoms with E-state index in [0.29, 0.717) is 17.7 Å². The maximum absolute atomic E-state index is 12.4. The average molecular weight is 321 g/mol. The summed E-state index contributed by atoms with van der Waals surface area (Å²) in [5, 5.41) is 0. The topological polar surface area (TPSA) is 37.4 Å². The molecule has 0 N–H and O–H groups in total. The van der Waals surface area contributed by atoms with Crippen LogP contribution < -0.4 is 0 Å². The van der Waals surface area contributed by atoms with Gasteiger partial charge in [-0.25, -0.2) is 0 Å². The molecular formula is C18H27NO2S. The zero-order chi connectivity index (χ0) is 16.1. The molecule has 0 saturated carbocycles. The molecule has 22 heavy (non-hydrogen) atoms. The normalized spacial score (nSPS) is 14.0. The number of carbonyl (C=O) groups is 2. The van der Waals surface area contributed by atoms with Crippen molar-refractivity contribution in [3.8, 4) is 0 Å². The zero-order valence-corrected chi connectivity index (χ0v) is 14.9. The third-order valence-corrected chi connectivity index (χ3v) is 5.43. The van der Waals surface area contributed by atoms with E-state index in [-0.39, 0.29) is 11.8 Å². The first-order valence-electron chi connectivity index (χ1n) is 8.54. The number of imide groups is 1. The Kier molecular flexibility index (Phi) is 6.18. The second kappa shape index (κ2) is 7.91. The summed E-state index contributed by atoms with van der Waals surface area (Å²) >= 11 is 1.55. The maximum atomic E-state index is 12.4. The molecule has 0 radical (unpaired) electrons. The summed E-state index contributed by atoms with van der Waals surface area (Å²) < 4.78 is 0. The van der Waals surface area contributed by atoms with Crippen LogP contribution in [0.15, 0.2) is 0 Å². The molecule has 1 aliphatic rings. The fourth-order valence-corrected chi connectivity index (χ4v) is 4.21. The van der Waals surface area contributed by atoms with Crippen LogP contribution in [0.5, 0.6) is 0 Å². The summed E-state index contributed by atoms with van der Waals surface area (Å²) in [6.07, 6.45) is 9.76. The van der Waals surface area contributed by atoms with Crippen molar-refractivity contribution in [1.29, 1.82) is 0 Å². The van der Waals surface area contributed by atoms with Gasteiger partial charge in [-0.05, 0) is 20.3 Å². The van der Waals surface area contributed by atoms with Crippen LogP contribution in [0.3, 0.4) is 0 Å². The van der Waals surface area contributed by atoms with Gasteiger partial charge in [0.25, 0.3) is 11.8 Å². The van der Waals surface area contributed by atoms with E-state index < -0.39 is 0 Å². The Balaban J connectivity index is 1.75. The molecule has 1 aromatic heterocycles. The van der Waals surface area contributed by atoms with E-state index in [2.05, 4.69) is 6.92 Å². The highest BCUT2D eigenvalue weighted by molar-refractivity contribution is 7.12. The molecule has 0 unspecified atom stereocenters. The second-order valence-corrected chi connectivity index (χ2v) is 7.63. The minimum atomic E-state index is -0.0789. The quantitative estimate of drug-likeness (QED) is 0.468. The molecule has 3 nitrogen and oxygen atoms in total. The lowest BCUT2D eigenvalue weighted by Gasteiger charge is -2.14. The number of hydrogen-bond acceptors (Lipinski definition) is 3. The molecular weight excluding hydrogens is 294 g/mol. The van der Waals surface area contributed by atoms with E-state index in [1.165, 1.54) is 43.4 Å². The fourth-order valence-electron chi connectivity index (χ4n) is 3.17. The summed E-state index contributed by atoms with van der Waals surface area (Å²) in [6, 6.07) is 0. The molecule has 4 heteroatoms. The third kappa shape index (κ3) is 3.60. The van der Waals surface area contributed by atoms with Gasteiger partial charge >= 0.3 is 0 Å². The standard InChI is InChI=1S/C18H27NO2S/c1-4-5-6-7-8-9-10-11-12-19-17(20)15-13(2)22-14(3)16(15)18(19)21/h4-12H2,1-3H3. The van der Waals surface area contributed by atoms with Gasteiger partial charge in [0.2, 0.25) is 0 Å². The van der Waals surface area contributed by atoms with Gasteiger partial charge in [0.15, 0.2) is 0 Å². The van der Waals surface area contributed by atoms with Crippen LogP contribution in [-0.2, 0) is 0 Å². The number of unbranched alkanes of at least 4 members (excludes halogenated alkanes) is 7. The largest absolute Gasteiger partial charge is 0.274 e. The van der Waals surface area contributed by atoms with E-state index in [9.17, 15) is 9.59 Å². The van der Waals surface area contributed by atoms with E-state index in [1.807, 2.05) is 13.8 Å². The van der Waals surface area contributed by atoms with Gasteiger partial charge in [0.1, 0.15) is 0 Å². The molecule has 1 aliphatic heterocycles. The van der Waals surface area contributed by atoms with Gasteiger partial charge in [-0.3, -0.25) is 14.5 Å². The molecule has 1 aromatic rings. The molecule has 2 rings (SSSR count). The lowest BCUT2D eigenvalue weighted by molar-refractivity contribution is 0.0651. The molecule has 0 fully saturated rings. The summed E-state index contributed by atoms with van der Waals surface area (Å²) in [7, 11) is 0. The van der Waals surface area contributed by atoms with Crippen molar-refractivity contribution in [2.45, 2.75) is 72.1 Å². The molecule has 0 aromatic carbocycles. The number of fused-ring (bicyclic) bond motifs is 1. The van der Waals surface area contributed by atoms with Crippen LogP contribution in [0.4, 0.5) is 0 Å². The van der Waals surface area contributed by atoms with Crippen LogP contribution >= 0.6 is 11.3 Å². The number of carbonyl (C=O) groups excluding carboxylic acids is 2. The molecule has 0 spiro atoms. The van der Waals surface area contributed by atoms with Gasteiger partial charge in [0, 0.05) is 16.3 Å². The molecule has 0 atom stereocenters. The maximum Gasteiger partial charge on any atom is 0.262 e. The molecule has 0 bridgehead atoms. The molecule has 0 saturated heterocycles. The monoisotopic (exact) mass is 321 g/mol. The summed E-state index contributed by atoms with van der Waals surface area (Å²) in [5.74, 6) is -0.158. The van der Waals surface area contributed by atoms with Gasteiger partial charge in [-0.15, -0.1) is 11.3 Å². The smallest absolute Gasteiger partial charge is 0.262 e. The minimum absolute atomic E-state index is 0.0789. The van der Waals surface area contributed by atoms with E-state index >= 15 is 0 Å². The lowest BCUT2D eigenvalue weighted by atomic mass is 10.1. The SMILES string of the molecule is CCCCCCCCCCN1C(=O)c2c(C)sc(C)c2C1=O. The summed E-state index contributed by atoms with van der Waals surface area (Å²) in [5.41, 5.74) is 1.32. The number of thiophene rings is 1. The van der Waals surface area contributed by atoms with Gasteiger partial charge in [0.05, 0.1) is 11.1 Å². The minimum Gasteiger partial charge on any atom is -0.274 e. The molecule has 2 heterocycles.